The van der Waals surface area contributed by atoms with Crippen molar-refractivity contribution in [1.82, 2.24) is 0 Å². The zero-order valence-corrected chi connectivity index (χ0v) is 52.6. The molecule has 0 amide bonds. The molecule has 1 unspecified atom stereocenters. The quantitative estimate of drug-likeness (QED) is 0.0261. The van der Waals surface area contributed by atoms with Crippen molar-refractivity contribution in [2.24, 2.45) is 0 Å². The molecular weight excluding hydrogens is 1020 g/mol. The minimum absolute atomic E-state index is 0.103. The van der Waals surface area contributed by atoms with Gasteiger partial charge in [0.25, 0.3) is 0 Å². The van der Waals surface area contributed by atoms with Gasteiger partial charge in [0.05, 0.1) is 6.42 Å². The summed E-state index contributed by atoms with van der Waals surface area (Å²) in [5, 5.41) is 0. The first-order chi connectivity index (χ1) is 41.0. The molecule has 83 heavy (non-hydrogen) atoms. The van der Waals surface area contributed by atoms with Crippen LogP contribution in [0, 0.1) is 0 Å². The summed E-state index contributed by atoms with van der Waals surface area (Å²) >= 11 is 0. The molecule has 0 spiro atoms. The molecule has 0 radical (unpaired) electrons. The topological polar surface area (TPSA) is 78.9 Å². The Bertz CT molecular complexity index is 2030. The minimum atomic E-state index is -0.865. The van der Waals surface area contributed by atoms with E-state index >= 15 is 0 Å². The molecule has 460 valence electrons. The van der Waals surface area contributed by atoms with E-state index in [0.29, 0.717) is 19.3 Å². The fourth-order valence-electron chi connectivity index (χ4n) is 8.06. The molecule has 0 aliphatic rings. The summed E-state index contributed by atoms with van der Waals surface area (Å²) in [5.41, 5.74) is 0. The summed E-state index contributed by atoms with van der Waals surface area (Å²) < 4.78 is 16.8. The zero-order valence-electron chi connectivity index (χ0n) is 52.6. The molecule has 0 fully saturated rings. The van der Waals surface area contributed by atoms with E-state index in [-0.39, 0.29) is 32.0 Å². The largest absolute Gasteiger partial charge is 0.462 e. The van der Waals surface area contributed by atoms with Crippen LogP contribution in [-0.2, 0) is 28.6 Å². The maximum absolute atomic E-state index is 12.9. The van der Waals surface area contributed by atoms with E-state index in [2.05, 4.69) is 215 Å². The average Bonchev–Trinajstić information content (AvgIpc) is 3.49. The summed E-state index contributed by atoms with van der Waals surface area (Å²) in [6.45, 7) is 6.15. The van der Waals surface area contributed by atoms with Crippen LogP contribution in [0.5, 0.6) is 0 Å². The van der Waals surface area contributed by atoms with Crippen LogP contribution in [0.4, 0.5) is 0 Å². The van der Waals surface area contributed by atoms with Gasteiger partial charge in [-0.15, -0.1) is 0 Å². The van der Waals surface area contributed by atoms with Crippen LogP contribution in [0.3, 0.4) is 0 Å². The summed E-state index contributed by atoms with van der Waals surface area (Å²) in [5.74, 6) is -1.15. The average molecular weight is 1140 g/mol. The number of rotatable bonds is 56. The number of carbonyl (C=O) groups is 3. The van der Waals surface area contributed by atoms with Gasteiger partial charge in [-0.1, -0.05) is 285 Å². The normalized spacial score (nSPS) is 13.5. The molecule has 0 bridgehead atoms. The van der Waals surface area contributed by atoms with Gasteiger partial charge in [-0.3, -0.25) is 14.4 Å². The van der Waals surface area contributed by atoms with Crippen molar-refractivity contribution in [3.63, 3.8) is 0 Å². The van der Waals surface area contributed by atoms with Gasteiger partial charge in [0.1, 0.15) is 13.2 Å². The molecule has 0 saturated carbocycles. The summed E-state index contributed by atoms with van der Waals surface area (Å²) in [7, 11) is 0. The van der Waals surface area contributed by atoms with Gasteiger partial charge in [0.15, 0.2) is 6.10 Å². The number of ether oxygens (including phenoxy) is 3. The lowest BCUT2D eigenvalue weighted by molar-refractivity contribution is -0.166. The lowest BCUT2D eigenvalue weighted by atomic mass is 10.0. The number of hydrogen-bond donors (Lipinski definition) is 0. The standard InChI is InChI=1S/C77H116O6/c1-4-7-10-13-16-19-22-25-28-30-32-34-36-37-38-39-41-42-44-46-49-52-55-58-61-64-67-70-76(79)82-73-74(72-81-75(78)69-66-63-60-57-54-51-48-27-24-21-18-15-12-9-6-3)83-77(80)71-68-65-62-59-56-53-50-47-45-43-40-35-33-31-29-26-23-20-17-14-11-8-5-2/h7-12,16-21,25-29,32-35,37-38,43,45,48,50,53-54,57,59,62-63,66,74H,4-6,13-15,22-24,30-31,36,39-42,44,46-47,49,51-52,55-56,58,60-61,64-65,67-73H2,1-3H3/b10-7-,11-8-,12-9-,19-16-,20-17-,21-18-,28-25-,29-26-,34-32-,35-33-,38-37-,45-43-,48-27-,53-50-,57-54-,62-59-,66-63-. The van der Waals surface area contributed by atoms with Crippen molar-refractivity contribution >= 4 is 17.9 Å². The van der Waals surface area contributed by atoms with Gasteiger partial charge in [0.2, 0.25) is 0 Å². The monoisotopic (exact) mass is 1140 g/mol. The van der Waals surface area contributed by atoms with E-state index in [1.165, 1.54) is 57.8 Å². The zero-order chi connectivity index (χ0) is 59.9. The van der Waals surface area contributed by atoms with E-state index in [4.69, 9.17) is 14.2 Å². The number of allylic oxidation sites excluding steroid dienone is 33. The molecule has 0 aromatic heterocycles. The molecule has 0 N–H and O–H groups in total. The van der Waals surface area contributed by atoms with Crippen molar-refractivity contribution in [2.45, 2.75) is 245 Å². The third-order valence-corrected chi connectivity index (χ3v) is 12.8. The number of carbonyl (C=O) groups excluding carboxylic acids is 3. The van der Waals surface area contributed by atoms with Crippen LogP contribution in [0.15, 0.2) is 207 Å². The second-order valence-electron chi connectivity index (χ2n) is 20.5. The Morgan fingerprint density at radius 1 is 0.253 bits per heavy atom. The minimum Gasteiger partial charge on any atom is -0.462 e. The third-order valence-electron chi connectivity index (χ3n) is 12.8. The first kappa shape index (κ1) is 77.0. The third kappa shape index (κ3) is 66.7. The van der Waals surface area contributed by atoms with Crippen molar-refractivity contribution in [1.29, 1.82) is 0 Å². The van der Waals surface area contributed by atoms with Gasteiger partial charge >= 0.3 is 17.9 Å². The molecule has 0 aliphatic carbocycles. The molecule has 1 atom stereocenters. The Kier molecular flexibility index (Phi) is 63.5. The van der Waals surface area contributed by atoms with E-state index < -0.39 is 18.0 Å². The second kappa shape index (κ2) is 68.5. The molecule has 0 rings (SSSR count). The maximum Gasteiger partial charge on any atom is 0.309 e. The molecule has 0 saturated heterocycles. The highest BCUT2D eigenvalue weighted by Crippen LogP contribution is 2.14. The lowest BCUT2D eigenvalue weighted by Gasteiger charge is -2.18. The van der Waals surface area contributed by atoms with Crippen LogP contribution in [0.2, 0.25) is 0 Å². The van der Waals surface area contributed by atoms with E-state index in [0.717, 1.165) is 128 Å². The summed E-state index contributed by atoms with van der Waals surface area (Å²) in [6, 6.07) is 0. The van der Waals surface area contributed by atoms with Gasteiger partial charge < -0.3 is 14.2 Å². The SMILES string of the molecule is CC/C=C\C/C=C\C/C=C\C/C=C\C/C=C\C/C=C\C/C=C\CCCC(=O)OC(COC(=O)C/C=C\C/C=C\C/C=C\C/C=C\C/C=C\CC)COC(=O)CCCCCCCCCCCCC/C=C\C/C=C\C/C=C\C/C=C\C/C=C\CC. The molecular formula is C77H116O6. The fraction of sp³-hybridized carbons (Fsp3) is 0.519. The van der Waals surface area contributed by atoms with Crippen LogP contribution in [0.25, 0.3) is 0 Å². The van der Waals surface area contributed by atoms with Crippen LogP contribution in [-0.4, -0.2) is 37.2 Å². The van der Waals surface area contributed by atoms with Gasteiger partial charge in [-0.05, 0) is 141 Å². The first-order valence-electron chi connectivity index (χ1n) is 32.6. The molecule has 0 aromatic rings. The number of unbranched alkanes of at least 4 members (excludes halogenated alkanes) is 12. The van der Waals surface area contributed by atoms with E-state index in [1.807, 2.05) is 6.08 Å². The highest BCUT2D eigenvalue weighted by Gasteiger charge is 2.19. The molecule has 6 nitrogen and oxygen atoms in total. The fourth-order valence-corrected chi connectivity index (χ4v) is 8.06. The molecule has 6 heteroatoms. The van der Waals surface area contributed by atoms with Crippen LogP contribution >= 0.6 is 0 Å². The van der Waals surface area contributed by atoms with E-state index in [9.17, 15) is 14.4 Å². The van der Waals surface area contributed by atoms with Crippen molar-refractivity contribution in [3.8, 4) is 0 Å². The van der Waals surface area contributed by atoms with Crippen LogP contribution in [0.1, 0.15) is 239 Å². The first-order valence-corrected chi connectivity index (χ1v) is 32.6. The summed E-state index contributed by atoms with van der Waals surface area (Å²) in [6.07, 6.45) is 106. The van der Waals surface area contributed by atoms with E-state index in [1.54, 1.807) is 6.08 Å². The second-order valence-corrected chi connectivity index (χ2v) is 20.5. The maximum atomic E-state index is 12.9. The highest BCUT2D eigenvalue weighted by molar-refractivity contribution is 5.72. The number of esters is 3. The molecule has 0 aromatic carbocycles. The lowest BCUT2D eigenvalue weighted by Crippen LogP contribution is -2.30. The van der Waals surface area contributed by atoms with Crippen molar-refractivity contribution < 1.29 is 28.6 Å². The molecule has 0 aliphatic heterocycles. The van der Waals surface area contributed by atoms with Gasteiger partial charge in [-0.2, -0.15) is 0 Å². The van der Waals surface area contributed by atoms with Gasteiger partial charge in [-0.25, -0.2) is 0 Å². The van der Waals surface area contributed by atoms with Gasteiger partial charge in [0, 0.05) is 12.8 Å². The predicted molar refractivity (Wildman–Crippen MR) is 361 cm³/mol. The summed E-state index contributed by atoms with van der Waals surface area (Å²) in [4.78, 5) is 38.3. The van der Waals surface area contributed by atoms with Crippen molar-refractivity contribution in [3.05, 3.63) is 207 Å². The Balaban J connectivity index is 4.55. The van der Waals surface area contributed by atoms with Crippen LogP contribution < -0.4 is 0 Å². The highest BCUT2D eigenvalue weighted by atomic mass is 16.6. The Labute approximate surface area is 509 Å². The smallest absolute Gasteiger partial charge is 0.309 e. The predicted octanol–water partition coefficient (Wildman–Crippen LogP) is 22.8. The Morgan fingerprint density at radius 2 is 0.494 bits per heavy atom. The molecule has 0 heterocycles. The van der Waals surface area contributed by atoms with Crippen molar-refractivity contribution in [2.75, 3.05) is 13.2 Å². The Morgan fingerprint density at radius 3 is 0.819 bits per heavy atom. The Hall–Kier alpha value is -6.01. The number of hydrogen-bond acceptors (Lipinski definition) is 6.